The average molecular weight is 464 g/mol. The topological polar surface area (TPSA) is 92.5 Å². The molecule has 1 aliphatic rings. The molecule has 0 radical (unpaired) electrons. The number of benzene rings is 2. The van der Waals surface area contributed by atoms with Gasteiger partial charge in [0.15, 0.2) is 0 Å². The molecule has 1 saturated heterocycles. The fraction of sp³-hybridized carbons (Fsp3) is 0.292. The van der Waals surface area contributed by atoms with E-state index in [1.165, 1.54) is 40.9 Å². The molecule has 8 nitrogen and oxygen atoms in total. The van der Waals surface area contributed by atoms with Crippen LogP contribution in [0, 0.1) is 17.0 Å². The summed E-state index contributed by atoms with van der Waals surface area (Å²) in [5.41, 5.74) is 3.19. The van der Waals surface area contributed by atoms with Crippen LogP contribution in [0.1, 0.15) is 29.4 Å². The highest BCUT2D eigenvalue weighted by Crippen LogP contribution is 2.23. The molecule has 3 aromatic rings. The van der Waals surface area contributed by atoms with E-state index in [2.05, 4.69) is 40.5 Å². The predicted octanol–water partition coefficient (Wildman–Crippen LogP) is 4.10. The van der Waals surface area contributed by atoms with E-state index < -0.39 is 4.92 Å². The second-order valence-corrected chi connectivity index (χ2v) is 8.89. The number of anilines is 1. The van der Waals surface area contributed by atoms with E-state index in [1.807, 2.05) is 11.8 Å². The van der Waals surface area contributed by atoms with Crippen LogP contribution >= 0.6 is 11.5 Å². The van der Waals surface area contributed by atoms with Crippen molar-refractivity contribution in [2.24, 2.45) is 0 Å². The number of nitrogens with zero attached hydrogens (tertiary/aromatic N) is 5. The molecule has 0 spiro atoms. The zero-order valence-electron chi connectivity index (χ0n) is 18.5. The van der Waals surface area contributed by atoms with Gasteiger partial charge in [-0.05, 0) is 43.2 Å². The van der Waals surface area contributed by atoms with Crippen LogP contribution in [0.5, 0.6) is 0 Å². The van der Waals surface area contributed by atoms with Crippen LogP contribution in [0.15, 0.2) is 54.6 Å². The Hall–Kier alpha value is -3.59. The highest BCUT2D eigenvalue weighted by molar-refractivity contribution is 7.09. The molecule has 170 valence electrons. The van der Waals surface area contributed by atoms with Gasteiger partial charge in [0.2, 0.25) is 11.0 Å². The van der Waals surface area contributed by atoms with Crippen molar-refractivity contribution in [3.63, 3.8) is 0 Å². The van der Waals surface area contributed by atoms with Crippen molar-refractivity contribution in [2.45, 2.75) is 26.3 Å². The highest BCUT2D eigenvalue weighted by atomic mass is 32.1. The highest BCUT2D eigenvalue weighted by Gasteiger charge is 2.28. The van der Waals surface area contributed by atoms with E-state index in [4.69, 9.17) is 4.98 Å². The maximum atomic E-state index is 12.7. The number of piperazine rings is 1. The van der Waals surface area contributed by atoms with Crippen molar-refractivity contribution in [3.8, 4) is 0 Å². The first-order valence-electron chi connectivity index (χ1n) is 10.8. The van der Waals surface area contributed by atoms with Gasteiger partial charge in [0, 0.05) is 61.8 Å². The third-order valence-corrected chi connectivity index (χ3v) is 6.46. The van der Waals surface area contributed by atoms with Gasteiger partial charge in [0.1, 0.15) is 5.82 Å². The van der Waals surface area contributed by atoms with Gasteiger partial charge >= 0.3 is 0 Å². The van der Waals surface area contributed by atoms with Crippen molar-refractivity contribution < 1.29 is 9.72 Å². The summed E-state index contributed by atoms with van der Waals surface area (Å²) in [6.45, 7) is 6.08. The number of nitro groups is 1. The van der Waals surface area contributed by atoms with Crippen LogP contribution in [-0.4, -0.2) is 50.8 Å². The summed E-state index contributed by atoms with van der Waals surface area (Å²) in [6.07, 6.45) is 3.92. The third-order valence-electron chi connectivity index (χ3n) is 5.64. The van der Waals surface area contributed by atoms with Gasteiger partial charge in [-0.3, -0.25) is 14.9 Å². The Balaban J connectivity index is 1.33. The first-order chi connectivity index (χ1) is 15.9. The number of carbonyl (C=O) groups is 1. The number of hydrogen-bond acceptors (Lipinski definition) is 7. The molecule has 1 fully saturated rings. The Morgan fingerprint density at radius 3 is 2.58 bits per heavy atom. The summed E-state index contributed by atoms with van der Waals surface area (Å²) in [6, 6.07) is 14.5. The van der Waals surface area contributed by atoms with Crippen molar-refractivity contribution in [2.75, 3.05) is 24.5 Å². The molecule has 9 heteroatoms. The number of nitro benzene ring substituents is 1. The SMILES string of the molecule is Cc1ccc(Cc2nsc(N3CCN(C(=O)C=Cc4ccc([N+](=O)[O-])cc4)C(C)C3)n2)cc1. The quantitative estimate of drug-likeness (QED) is 0.311. The van der Waals surface area contributed by atoms with Gasteiger partial charge in [0.25, 0.3) is 5.69 Å². The van der Waals surface area contributed by atoms with Crippen molar-refractivity contribution in [1.82, 2.24) is 14.3 Å². The fourth-order valence-corrected chi connectivity index (χ4v) is 4.48. The fourth-order valence-electron chi connectivity index (χ4n) is 3.76. The minimum Gasteiger partial charge on any atom is -0.343 e. The predicted molar refractivity (Wildman–Crippen MR) is 129 cm³/mol. The van der Waals surface area contributed by atoms with Crippen LogP contribution in [0.3, 0.4) is 0 Å². The first-order valence-corrected chi connectivity index (χ1v) is 11.5. The maximum Gasteiger partial charge on any atom is 0.269 e. The molecule has 1 aliphatic heterocycles. The Morgan fingerprint density at radius 1 is 1.18 bits per heavy atom. The molecule has 4 rings (SSSR count). The molecule has 2 aromatic carbocycles. The van der Waals surface area contributed by atoms with E-state index >= 15 is 0 Å². The van der Waals surface area contributed by atoms with Crippen LogP contribution < -0.4 is 4.90 Å². The lowest BCUT2D eigenvalue weighted by molar-refractivity contribution is -0.384. The Bertz CT molecular complexity index is 1160. The molecule has 0 aliphatic carbocycles. The largest absolute Gasteiger partial charge is 0.343 e. The summed E-state index contributed by atoms with van der Waals surface area (Å²) < 4.78 is 4.52. The van der Waals surface area contributed by atoms with E-state index in [9.17, 15) is 14.9 Å². The summed E-state index contributed by atoms with van der Waals surface area (Å²) in [7, 11) is 0. The monoisotopic (exact) mass is 463 g/mol. The zero-order chi connectivity index (χ0) is 23.4. The lowest BCUT2D eigenvalue weighted by Crippen LogP contribution is -2.53. The zero-order valence-corrected chi connectivity index (χ0v) is 19.4. The molecule has 1 unspecified atom stereocenters. The Morgan fingerprint density at radius 2 is 1.91 bits per heavy atom. The maximum absolute atomic E-state index is 12.7. The van der Waals surface area contributed by atoms with Crippen LogP contribution in [-0.2, 0) is 11.2 Å². The molecule has 1 atom stereocenters. The first kappa shape index (κ1) is 22.6. The Labute approximate surface area is 196 Å². The van der Waals surface area contributed by atoms with E-state index in [1.54, 1.807) is 18.2 Å². The number of hydrogen-bond donors (Lipinski definition) is 0. The normalized spacial score (nSPS) is 16.4. The number of aromatic nitrogens is 2. The molecule has 0 saturated carbocycles. The molecule has 2 heterocycles. The summed E-state index contributed by atoms with van der Waals surface area (Å²) in [4.78, 5) is 31.8. The van der Waals surface area contributed by atoms with Gasteiger partial charge < -0.3 is 9.80 Å². The number of rotatable bonds is 6. The van der Waals surface area contributed by atoms with E-state index in [0.717, 1.165) is 16.5 Å². The molecule has 33 heavy (non-hydrogen) atoms. The number of aryl methyl sites for hydroxylation is 1. The second-order valence-electron chi connectivity index (χ2n) is 8.16. The van der Waals surface area contributed by atoms with Crippen molar-refractivity contribution >= 4 is 34.3 Å². The molecular weight excluding hydrogens is 438 g/mol. The van der Waals surface area contributed by atoms with Crippen LogP contribution in [0.2, 0.25) is 0 Å². The van der Waals surface area contributed by atoms with E-state index in [-0.39, 0.29) is 17.6 Å². The Kier molecular flexibility index (Phi) is 6.79. The average Bonchev–Trinajstić information content (AvgIpc) is 3.27. The molecule has 1 amide bonds. The van der Waals surface area contributed by atoms with Crippen LogP contribution in [0.4, 0.5) is 10.8 Å². The minimum absolute atomic E-state index is 0.0252. The summed E-state index contributed by atoms with van der Waals surface area (Å²) in [5.74, 6) is 0.744. The van der Waals surface area contributed by atoms with Crippen molar-refractivity contribution in [3.05, 3.63) is 87.2 Å². The lowest BCUT2D eigenvalue weighted by atomic mass is 10.1. The van der Waals surface area contributed by atoms with Gasteiger partial charge in [-0.15, -0.1) is 0 Å². The third kappa shape index (κ3) is 5.61. The molecular formula is C24H25N5O3S. The van der Waals surface area contributed by atoms with Gasteiger partial charge in [0.05, 0.1) is 4.92 Å². The van der Waals surface area contributed by atoms with Gasteiger partial charge in [-0.25, -0.2) is 4.98 Å². The standard InChI is InChI=1S/C24H25N5O3S/c1-17-3-5-20(6-4-17)15-22-25-24(33-26-22)27-13-14-28(18(2)16-27)23(30)12-9-19-7-10-21(11-8-19)29(31)32/h3-12,18H,13-16H2,1-2H3. The van der Waals surface area contributed by atoms with Crippen molar-refractivity contribution in [1.29, 1.82) is 0 Å². The lowest BCUT2D eigenvalue weighted by Gasteiger charge is -2.39. The molecule has 1 aromatic heterocycles. The number of non-ortho nitro benzene ring substituents is 1. The van der Waals surface area contributed by atoms with Gasteiger partial charge in [-0.1, -0.05) is 29.8 Å². The molecule has 0 bridgehead atoms. The second kappa shape index (κ2) is 9.91. The summed E-state index contributed by atoms with van der Waals surface area (Å²) >= 11 is 1.40. The number of amides is 1. The van der Waals surface area contributed by atoms with E-state index in [0.29, 0.717) is 26.1 Å². The van der Waals surface area contributed by atoms with Gasteiger partial charge in [-0.2, -0.15) is 4.37 Å². The summed E-state index contributed by atoms with van der Waals surface area (Å²) in [5, 5.41) is 11.6. The number of carbonyl (C=O) groups excluding carboxylic acids is 1. The minimum atomic E-state index is -0.441. The van der Waals surface area contributed by atoms with Crippen LogP contribution in [0.25, 0.3) is 6.08 Å². The molecule has 0 N–H and O–H groups in total. The smallest absolute Gasteiger partial charge is 0.269 e.